The van der Waals surface area contributed by atoms with E-state index < -0.39 is 0 Å². The van der Waals surface area contributed by atoms with E-state index in [2.05, 4.69) is 10.6 Å². The topological polar surface area (TPSA) is 59.6 Å². The van der Waals surface area contributed by atoms with Crippen molar-refractivity contribution in [2.75, 3.05) is 26.1 Å². The molecular weight excluding hydrogens is 280 g/mol. The molecule has 0 fully saturated rings. The summed E-state index contributed by atoms with van der Waals surface area (Å²) >= 11 is 0. The lowest BCUT2D eigenvalue weighted by atomic mass is 10.1. The molecule has 116 valence electrons. The molecule has 1 unspecified atom stereocenters. The monoisotopic (exact) mass is 300 g/mol. The third-order valence-corrected chi connectivity index (χ3v) is 3.23. The molecule has 0 saturated carbocycles. The van der Waals surface area contributed by atoms with Gasteiger partial charge in [-0.15, -0.1) is 0 Å². The number of rotatable bonds is 6. The van der Waals surface area contributed by atoms with E-state index in [1.54, 1.807) is 14.2 Å². The SMILES string of the molecule is COc1cccc(C(CNC(=O)Nc2ccccc2)OC)c1. The summed E-state index contributed by atoms with van der Waals surface area (Å²) in [6.07, 6.45) is -0.239. The summed E-state index contributed by atoms with van der Waals surface area (Å²) in [7, 11) is 3.23. The zero-order valence-electron chi connectivity index (χ0n) is 12.7. The molecule has 0 saturated heterocycles. The van der Waals surface area contributed by atoms with Crippen molar-refractivity contribution in [1.82, 2.24) is 5.32 Å². The number of para-hydroxylation sites is 1. The summed E-state index contributed by atoms with van der Waals surface area (Å²) in [4.78, 5) is 11.9. The zero-order chi connectivity index (χ0) is 15.8. The van der Waals surface area contributed by atoms with Gasteiger partial charge in [-0.05, 0) is 29.8 Å². The Kier molecular flexibility index (Phi) is 5.80. The first-order valence-electron chi connectivity index (χ1n) is 6.99. The smallest absolute Gasteiger partial charge is 0.319 e. The molecule has 0 aliphatic heterocycles. The molecule has 0 aliphatic rings. The second kappa shape index (κ2) is 8.05. The quantitative estimate of drug-likeness (QED) is 0.861. The van der Waals surface area contributed by atoms with Crippen LogP contribution in [0.2, 0.25) is 0 Å². The normalized spacial score (nSPS) is 11.5. The number of methoxy groups -OCH3 is 2. The number of ether oxygens (including phenoxy) is 2. The number of anilines is 1. The van der Waals surface area contributed by atoms with Crippen LogP contribution in [0.3, 0.4) is 0 Å². The summed E-state index contributed by atoms with van der Waals surface area (Å²) in [5, 5.41) is 5.57. The van der Waals surface area contributed by atoms with Gasteiger partial charge < -0.3 is 20.1 Å². The lowest BCUT2D eigenvalue weighted by Crippen LogP contribution is -2.32. The molecule has 0 spiro atoms. The van der Waals surface area contributed by atoms with Crippen LogP contribution in [0.4, 0.5) is 10.5 Å². The number of hydrogen-bond donors (Lipinski definition) is 2. The molecule has 0 aliphatic carbocycles. The molecule has 5 heteroatoms. The summed E-state index contributed by atoms with van der Waals surface area (Å²) < 4.78 is 10.6. The van der Waals surface area contributed by atoms with Crippen LogP contribution in [0.1, 0.15) is 11.7 Å². The Labute approximate surface area is 130 Å². The molecular formula is C17H20N2O3. The summed E-state index contributed by atoms with van der Waals surface area (Å²) in [5.41, 5.74) is 1.69. The molecule has 0 bridgehead atoms. The summed E-state index contributed by atoms with van der Waals surface area (Å²) in [6.45, 7) is 0.363. The first-order chi connectivity index (χ1) is 10.7. The van der Waals surface area contributed by atoms with E-state index in [0.717, 1.165) is 17.0 Å². The van der Waals surface area contributed by atoms with E-state index in [1.807, 2.05) is 54.6 Å². The number of carbonyl (C=O) groups is 1. The van der Waals surface area contributed by atoms with Crippen LogP contribution in [0.15, 0.2) is 54.6 Å². The highest BCUT2D eigenvalue weighted by Crippen LogP contribution is 2.21. The highest BCUT2D eigenvalue weighted by Gasteiger charge is 2.12. The van der Waals surface area contributed by atoms with Crippen molar-refractivity contribution in [1.29, 1.82) is 0 Å². The summed E-state index contributed by atoms with van der Waals surface area (Å²) in [5.74, 6) is 0.758. The average Bonchev–Trinajstić information content (AvgIpc) is 2.56. The predicted octanol–water partition coefficient (Wildman–Crippen LogP) is 3.20. The molecule has 0 radical (unpaired) electrons. The minimum atomic E-state index is -0.267. The van der Waals surface area contributed by atoms with E-state index in [-0.39, 0.29) is 12.1 Å². The second-order valence-corrected chi connectivity index (χ2v) is 4.70. The van der Waals surface area contributed by atoms with Gasteiger partial charge in [0.25, 0.3) is 0 Å². The van der Waals surface area contributed by atoms with Crippen LogP contribution in [-0.2, 0) is 4.74 Å². The molecule has 2 aromatic carbocycles. The fourth-order valence-electron chi connectivity index (χ4n) is 2.06. The Morgan fingerprint density at radius 1 is 1.09 bits per heavy atom. The number of amides is 2. The average molecular weight is 300 g/mol. The number of hydrogen-bond acceptors (Lipinski definition) is 3. The van der Waals surface area contributed by atoms with Crippen LogP contribution >= 0.6 is 0 Å². The van der Waals surface area contributed by atoms with Gasteiger partial charge in [-0.1, -0.05) is 30.3 Å². The van der Waals surface area contributed by atoms with Crippen LogP contribution in [0.5, 0.6) is 5.75 Å². The highest BCUT2D eigenvalue weighted by atomic mass is 16.5. The third-order valence-electron chi connectivity index (χ3n) is 3.23. The van der Waals surface area contributed by atoms with Crippen LogP contribution < -0.4 is 15.4 Å². The highest BCUT2D eigenvalue weighted by molar-refractivity contribution is 5.89. The van der Waals surface area contributed by atoms with Crippen molar-refractivity contribution in [2.45, 2.75) is 6.10 Å². The van der Waals surface area contributed by atoms with Crippen molar-refractivity contribution in [3.63, 3.8) is 0 Å². The maximum Gasteiger partial charge on any atom is 0.319 e. The molecule has 2 N–H and O–H groups in total. The van der Waals surface area contributed by atoms with Crippen LogP contribution in [0, 0.1) is 0 Å². The van der Waals surface area contributed by atoms with Crippen molar-refractivity contribution in [2.24, 2.45) is 0 Å². The number of nitrogens with one attached hydrogen (secondary N) is 2. The molecule has 5 nitrogen and oxygen atoms in total. The Hall–Kier alpha value is -2.53. The first kappa shape index (κ1) is 15.9. The Balaban J connectivity index is 1.91. The van der Waals surface area contributed by atoms with Gasteiger partial charge >= 0.3 is 6.03 Å². The fourth-order valence-corrected chi connectivity index (χ4v) is 2.06. The van der Waals surface area contributed by atoms with Crippen molar-refractivity contribution in [3.8, 4) is 5.75 Å². The van der Waals surface area contributed by atoms with Gasteiger partial charge in [-0.25, -0.2) is 4.79 Å². The van der Waals surface area contributed by atoms with Crippen molar-refractivity contribution >= 4 is 11.7 Å². The fraction of sp³-hybridized carbons (Fsp3) is 0.235. The van der Waals surface area contributed by atoms with E-state index in [9.17, 15) is 4.79 Å². The van der Waals surface area contributed by atoms with Crippen LogP contribution in [0.25, 0.3) is 0 Å². The minimum absolute atomic E-state index is 0.239. The molecule has 2 aromatic rings. The molecule has 0 aromatic heterocycles. The van der Waals surface area contributed by atoms with E-state index in [4.69, 9.17) is 9.47 Å². The summed E-state index contributed by atoms with van der Waals surface area (Å²) in [6, 6.07) is 16.6. The van der Waals surface area contributed by atoms with Gasteiger partial charge in [0.15, 0.2) is 0 Å². The van der Waals surface area contributed by atoms with E-state index in [0.29, 0.717) is 6.54 Å². The second-order valence-electron chi connectivity index (χ2n) is 4.70. The predicted molar refractivity (Wildman–Crippen MR) is 86.2 cm³/mol. The largest absolute Gasteiger partial charge is 0.497 e. The maximum atomic E-state index is 11.9. The van der Waals surface area contributed by atoms with Gasteiger partial charge in [0.05, 0.1) is 13.2 Å². The maximum absolute atomic E-state index is 11.9. The Morgan fingerprint density at radius 2 is 1.86 bits per heavy atom. The zero-order valence-corrected chi connectivity index (χ0v) is 12.7. The van der Waals surface area contributed by atoms with Gasteiger partial charge in [0.2, 0.25) is 0 Å². The van der Waals surface area contributed by atoms with Crippen LogP contribution in [-0.4, -0.2) is 26.8 Å². The number of urea groups is 1. The van der Waals surface area contributed by atoms with Gasteiger partial charge in [0.1, 0.15) is 5.75 Å². The Morgan fingerprint density at radius 3 is 2.55 bits per heavy atom. The molecule has 2 rings (SSSR count). The number of carbonyl (C=O) groups excluding carboxylic acids is 1. The third kappa shape index (κ3) is 4.49. The standard InChI is InChI=1S/C17H20N2O3/c1-21-15-10-6-7-13(11-15)16(22-2)12-18-17(20)19-14-8-4-3-5-9-14/h3-11,16H,12H2,1-2H3,(H2,18,19,20). The molecule has 0 heterocycles. The first-order valence-corrected chi connectivity index (χ1v) is 6.99. The van der Waals surface area contributed by atoms with Gasteiger partial charge in [-0.2, -0.15) is 0 Å². The van der Waals surface area contributed by atoms with Crippen molar-refractivity contribution < 1.29 is 14.3 Å². The molecule has 1 atom stereocenters. The van der Waals surface area contributed by atoms with Gasteiger partial charge in [-0.3, -0.25) is 0 Å². The van der Waals surface area contributed by atoms with E-state index in [1.165, 1.54) is 0 Å². The lowest BCUT2D eigenvalue weighted by Gasteiger charge is -2.17. The lowest BCUT2D eigenvalue weighted by molar-refractivity contribution is 0.104. The number of benzene rings is 2. The molecule has 22 heavy (non-hydrogen) atoms. The van der Waals surface area contributed by atoms with Gasteiger partial charge in [0, 0.05) is 19.3 Å². The minimum Gasteiger partial charge on any atom is -0.497 e. The van der Waals surface area contributed by atoms with E-state index >= 15 is 0 Å². The Bertz CT molecular complexity index is 602. The molecule has 2 amide bonds. The van der Waals surface area contributed by atoms with Crippen molar-refractivity contribution in [3.05, 3.63) is 60.2 Å².